The van der Waals surface area contributed by atoms with E-state index in [9.17, 15) is 15.0 Å². The Morgan fingerprint density at radius 1 is 0.435 bits per heavy atom. The predicted octanol–water partition coefficient (Wildman–Crippen LogP) is 12.9. The van der Waals surface area contributed by atoms with Gasteiger partial charge in [-0.05, 0) is 12.8 Å². The zero-order chi connectivity index (χ0) is 33.6. The maximum atomic E-state index is 12.3. The Labute approximate surface area is 289 Å². The van der Waals surface area contributed by atoms with E-state index in [0.717, 1.165) is 25.7 Å². The van der Waals surface area contributed by atoms with Crippen molar-refractivity contribution in [2.45, 2.75) is 257 Å². The minimum atomic E-state index is -0.651. The number of carbonyl (C=O) groups excluding carboxylic acids is 1. The highest BCUT2D eigenvalue weighted by atomic mass is 16.3. The molecule has 0 spiro atoms. The molecule has 3 N–H and O–H groups in total. The molecule has 276 valence electrons. The van der Waals surface area contributed by atoms with E-state index in [4.69, 9.17) is 0 Å². The highest BCUT2D eigenvalue weighted by Crippen LogP contribution is 2.17. The van der Waals surface area contributed by atoms with Crippen molar-refractivity contribution < 1.29 is 15.0 Å². The summed E-state index contributed by atoms with van der Waals surface area (Å²) in [4.78, 5) is 12.3. The van der Waals surface area contributed by atoms with Gasteiger partial charge in [-0.25, -0.2) is 0 Å². The smallest absolute Gasteiger partial charge is 0.220 e. The zero-order valence-corrected chi connectivity index (χ0v) is 31.6. The summed E-state index contributed by atoms with van der Waals surface area (Å²) in [5.41, 5.74) is 0. The Morgan fingerprint density at radius 2 is 0.696 bits per heavy atom. The van der Waals surface area contributed by atoms with Crippen molar-refractivity contribution in [1.82, 2.24) is 5.32 Å². The summed E-state index contributed by atoms with van der Waals surface area (Å²) in [6.07, 6.45) is 46.1. The van der Waals surface area contributed by atoms with E-state index in [2.05, 4.69) is 19.2 Å². The first-order chi connectivity index (χ1) is 22.7. The van der Waals surface area contributed by atoms with Crippen LogP contribution in [0.4, 0.5) is 0 Å². The van der Waals surface area contributed by atoms with Gasteiger partial charge >= 0.3 is 0 Å². The SMILES string of the molecule is CCCCCCCCCCCCCCCCCCCCCCCCCCC(=O)NC(CO)C(O)CCCCCCCCCCCC. The molecule has 0 aromatic carbocycles. The lowest BCUT2D eigenvalue weighted by Crippen LogP contribution is -2.45. The first-order valence-electron chi connectivity index (χ1n) is 21.2. The van der Waals surface area contributed by atoms with Crippen molar-refractivity contribution in [2.24, 2.45) is 0 Å². The van der Waals surface area contributed by atoms with Crippen LogP contribution in [0, 0.1) is 0 Å². The van der Waals surface area contributed by atoms with Gasteiger partial charge < -0.3 is 15.5 Å². The third-order valence-electron chi connectivity index (χ3n) is 10.1. The fourth-order valence-electron chi connectivity index (χ4n) is 6.83. The van der Waals surface area contributed by atoms with Crippen molar-refractivity contribution in [2.75, 3.05) is 6.61 Å². The molecule has 0 bridgehead atoms. The van der Waals surface area contributed by atoms with Crippen LogP contribution >= 0.6 is 0 Å². The largest absolute Gasteiger partial charge is 0.394 e. The molecule has 0 aliphatic rings. The molecule has 0 saturated heterocycles. The Morgan fingerprint density at radius 3 is 0.978 bits per heavy atom. The summed E-state index contributed by atoms with van der Waals surface area (Å²) in [5.74, 6) is -0.0278. The van der Waals surface area contributed by atoms with Crippen LogP contribution in [-0.2, 0) is 4.79 Å². The highest BCUT2D eigenvalue weighted by Gasteiger charge is 2.20. The molecule has 46 heavy (non-hydrogen) atoms. The Kier molecular flexibility index (Phi) is 38.3. The minimum Gasteiger partial charge on any atom is -0.394 e. The molecule has 4 nitrogen and oxygen atoms in total. The molecule has 0 aromatic rings. The van der Waals surface area contributed by atoms with Crippen molar-refractivity contribution >= 4 is 5.91 Å². The van der Waals surface area contributed by atoms with Gasteiger partial charge in [0.05, 0.1) is 18.8 Å². The quantitative estimate of drug-likeness (QED) is 0.0579. The van der Waals surface area contributed by atoms with Crippen LogP contribution in [0.5, 0.6) is 0 Å². The molecule has 0 aliphatic carbocycles. The van der Waals surface area contributed by atoms with Gasteiger partial charge in [0.25, 0.3) is 0 Å². The van der Waals surface area contributed by atoms with E-state index in [1.165, 1.54) is 193 Å². The number of aliphatic hydroxyl groups excluding tert-OH is 2. The van der Waals surface area contributed by atoms with Crippen LogP contribution in [0.3, 0.4) is 0 Å². The van der Waals surface area contributed by atoms with Crippen LogP contribution in [0.2, 0.25) is 0 Å². The molecule has 0 aliphatic heterocycles. The molecule has 1 amide bonds. The minimum absolute atomic E-state index is 0.0278. The van der Waals surface area contributed by atoms with Gasteiger partial charge in [0.2, 0.25) is 5.91 Å². The summed E-state index contributed by atoms with van der Waals surface area (Å²) in [6, 6.07) is -0.527. The normalized spacial score (nSPS) is 12.9. The Hall–Kier alpha value is -0.610. The lowest BCUT2D eigenvalue weighted by Gasteiger charge is -2.22. The second-order valence-electron chi connectivity index (χ2n) is 14.8. The fourth-order valence-corrected chi connectivity index (χ4v) is 6.83. The van der Waals surface area contributed by atoms with Crippen molar-refractivity contribution in [3.05, 3.63) is 0 Å². The summed E-state index contributed by atoms with van der Waals surface area (Å²) in [7, 11) is 0. The molecular weight excluding hydrogens is 566 g/mol. The number of hydrogen-bond acceptors (Lipinski definition) is 3. The summed E-state index contributed by atoms with van der Waals surface area (Å²) < 4.78 is 0. The first kappa shape index (κ1) is 45.4. The number of amides is 1. The number of unbranched alkanes of at least 4 members (excludes halogenated alkanes) is 32. The molecule has 0 heterocycles. The van der Waals surface area contributed by atoms with E-state index < -0.39 is 12.1 Å². The number of aliphatic hydroxyl groups is 2. The topological polar surface area (TPSA) is 69.6 Å². The van der Waals surface area contributed by atoms with Gasteiger partial charge in [0.1, 0.15) is 0 Å². The van der Waals surface area contributed by atoms with Crippen LogP contribution < -0.4 is 5.32 Å². The lowest BCUT2D eigenvalue weighted by atomic mass is 10.0. The molecule has 2 unspecified atom stereocenters. The Balaban J connectivity index is 3.41. The third kappa shape index (κ3) is 34.7. The molecule has 0 aromatic heterocycles. The van der Waals surface area contributed by atoms with Crippen molar-refractivity contribution in [3.63, 3.8) is 0 Å². The van der Waals surface area contributed by atoms with E-state index in [1.807, 2.05) is 0 Å². The zero-order valence-electron chi connectivity index (χ0n) is 31.6. The van der Waals surface area contributed by atoms with Gasteiger partial charge in [0, 0.05) is 6.42 Å². The average molecular weight is 652 g/mol. The van der Waals surface area contributed by atoms with Crippen LogP contribution in [0.15, 0.2) is 0 Å². The molecule has 0 fully saturated rings. The van der Waals surface area contributed by atoms with Gasteiger partial charge in [0.15, 0.2) is 0 Å². The first-order valence-corrected chi connectivity index (χ1v) is 21.2. The van der Waals surface area contributed by atoms with Gasteiger partial charge in [-0.2, -0.15) is 0 Å². The second kappa shape index (κ2) is 38.8. The van der Waals surface area contributed by atoms with Gasteiger partial charge in [-0.1, -0.05) is 226 Å². The van der Waals surface area contributed by atoms with Gasteiger partial charge in [-0.3, -0.25) is 4.79 Å². The summed E-state index contributed by atoms with van der Waals surface area (Å²) >= 11 is 0. The van der Waals surface area contributed by atoms with E-state index in [0.29, 0.717) is 12.8 Å². The Bertz CT molecular complexity index is 583. The van der Waals surface area contributed by atoms with Crippen molar-refractivity contribution in [3.8, 4) is 0 Å². The highest BCUT2D eigenvalue weighted by molar-refractivity contribution is 5.76. The maximum Gasteiger partial charge on any atom is 0.220 e. The number of hydrogen-bond donors (Lipinski definition) is 3. The standard InChI is InChI=1S/C42H85NO3/c1-3-5-7-9-11-13-15-16-17-18-19-20-21-22-23-24-25-26-27-28-30-32-34-36-38-42(46)43-40(39-44)41(45)37-35-33-31-29-14-12-10-8-6-4-2/h40-41,44-45H,3-39H2,1-2H3,(H,43,46). The number of nitrogens with one attached hydrogen (secondary N) is 1. The van der Waals surface area contributed by atoms with E-state index in [1.54, 1.807) is 0 Å². The number of rotatable bonds is 39. The average Bonchev–Trinajstić information content (AvgIpc) is 3.06. The maximum absolute atomic E-state index is 12.3. The molecule has 0 radical (unpaired) electrons. The van der Waals surface area contributed by atoms with Crippen LogP contribution in [0.25, 0.3) is 0 Å². The van der Waals surface area contributed by atoms with Crippen LogP contribution in [0.1, 0.15) is 245 Å². The molecule has 0 saturated carbocycles. The van der Waals surface area contributed by atoms with Gasteiger partial charge in [-0.15, -0.1) is 0 Å². The summed E-state index contributed by atoms with van der Waals surface area (Å²) in [5, 5.41) is 23.0. The molecule has 4 heteroatoms. The second-order valence-corrected chi connectivity index (χ2v) is 14.8. The lowest BCUT2D eigenvalue weighted by molar-refractivity contribution is -0.123. The molecule has 0 rings (SSSR count). The number of carbonyl (C=O) groups is 1. The monoisotopic (exact) mass is 652 g/mol. The van der Waals surface area contributed by atoms with Crippen LogP contribution in [-0.4, -0.2) is 34.9 Å². The van der Waals surface area contributed by atoms with Crippen molar-refractivity contribution in [1.29, 1.82) is 0 Å². The molecular formula is C42H85NO3. The fraction of sp³-hybridized carbons (Fsp3) is 0.976. The predicted molar refractivity (Wildman–Crippen MR) is 203 cm³/mol. The van der Waals surface area contributed by atoms with E-state index >= 15 is 0 Å². The van der Waals surface area contributed by atoms with E-state index in [-0.39, 0.29) is 12.5 Å². The molecule has 2 atom stereocenters. The third-order valence-corrected chi connectivity index (χ3v) is 10.1. The summed E-state index contributed by atoms with van der Waals surface area (Å²) in [6.45, 7) is 4.36.